The van der Waals surface area contributed by atoms with E-state index in [2.05, 4.69) is 51.3 Å². The molecule has 0 spiro atoms. The van der Waals surface area contributed by atoms with Gasteiger partial charge in [-0.15, -0.1) is 0 Å². The minimum Gasteiger partial charge on any atom is -0.311 e. The van der Waals surface area contributed by atoms with Crippen molar-refractivity contribution >= 4 is 0 Å². The number of rotatable bonds is 3. The molecular weight excluding hydrogens is 222 g/mol. The highest BCUT2D eigenvalue weighted by Crippen LogP contribution is 2.39. The van der Waals surface area contributed by atoms with Gasteiger partial charge in [-0.3, -0.25) is 4.68 Å². The van der Waals surface area contributed by atoms with Crippen molar-refractivity contribution in [2.75, 3.05) is 7.05 Å². The van der Waals surface area contributed by atoms with Crippen LogP contribution in [0.2, 0.25) is 0 Å². The molecule has 0 amide bonds. The zero-order chi connectivity index (χ0) is 13.3. The molecule has 1 aromatic heterocycles. The van der Waals surface area contributed by atoms with E-state index < -0.39 is 0 Å². The summed E-state index contributed by atoms with van der Waals surface area (Å²) in [6.45, 7) is 6.86. The van der Waals surface area contributed by atoms with E-state index in [1.807, 2.05) is 4.68 Å². The van der Waals surface area contributed by atoms with Gasteiger partial charge in [0.2, 0.25) is 0 Å². The molecule has 18 heavy (non-hydrogen) atoms. The summed E-state index contributed by atoms with van der Waals surface area (Å²) < 4.78 is 2.04. The molecule has 1 aromatic rings. The van der Waals surface area contributed by atoms with Gasteiger partial charge in [-0.05, 0) is 50.6 Å². The highest BCUT2D eigenvalue weighted by atomic mass is 15.3. The molecule has 0 aliphatic heterocycles. The average molecular weight is 249 g/mol. The van der Waals surface area contributed by atoms with Crippen LogP contribution in [0.1, 0.15) is 50.5 Å². The van der Waals surface area contributed by atoms with Gasteiger partial charge in [0, 0.05) is 7.05 Å². The van der Waals surface area contributed by atoms with Gasteiger partial charge in [0.15, 0.2) is 0 Å². The van der Waals surface area contributed by atoms with Crippen LogP contribution in [0.5, 0.6) is 0 Å². The predicted octanol–water partition coefficient (Wildman–Crippen LogP) is 3.06. The number of aromatic nitrogens is 2. The number of aryl methyl sites for hydroxylation is 2. The maximum Gasteiger partial charge on any atom is 0.0597 e. The Bertz CT molecular complexity index is 396. The van der Waals surface area contributed by atoms with E-state index in [1.54, 1.807) is 0 Å². The Kier molecular flexibility index (Phi) is 4.10. The lowest BCUT2D eigenvalue weighted by Gasteiger charge is -2.36. The van der Waals surface area contributed by atoms with E-state index in [1.165, 1.54) is 25.0 Å². The molecule has 1 fully saturated rings. The van der Waals surface area contributed by atoms with Crippen LogP contribution in [-0.2, 0) is 7.05 Å². The van der Waals surface area contributed by atoms with Crippen molar-refractivity contribution in [1.82, 2.24) is 15.1 Å². The van der Waals surface area contributed by atoms with Gasteiger partial charge < -0.3 is 5.32 Å². The molecule has 1 N–H and O–H groups in total. The summed E-state index contributed by atoms with van der Waals surface area (Å²) in [5.41, 5.74) is 2.45. The quantitative estimate of drug-likeness (QED) is 0.892. The molecule has 2 rings (SSSR count). The molecule has 3 nitrogen and oxygen atoms in total. The largest absolute Gasteiger partial charge is 0.311 e. The molecule has 4 atom stereocenters. The summed E-state index contributed by atoms with van der Waals surface area (Å²) in [7, 11) is 4.14. The Balaban J connectivity index is 2.16. The molecule has 3 heteroatoms. The molecule has 0 aromatic carbocycles. The summed E-state index contributed by atoms with van der Waals surface area (Å²) in [5, 5.41) is 8.00. The van der Waals surface area contributed by atoms with E-state index in [-0.39, 0.29) is 0 Å². The van der Waals surface area contributed by atoms with Crippen molar-refractivity contribution in [2.45, 2.75) is 46.1 Å². The number of hydrogen-bond acceptors (Lipinski definition) is 2. The second-order valence-corrected chi connectivity index (χ2v) is 6.13. The van der Waals surface area contributed by atoms with Gasteiger partial charge in [-0.25, -0.2) is 0 Å². The van der Waals surface area contributed by atoms with E-state index >= 15 is 0 Å². The summed E-state index contributed by atoms with van der Waals surface area (Å²) in [6, 6.07) is 2.68. The Morgan fingerprint density at radius 3 is 2.56 bits per heavy atom. The van der Waals surface area contributed by atoms with Crippen molar-refractivity contribution in [3.8, 4) is 0 Å². The van der Waals surface area contributed by atoms with E-state index in [0.29, 0.717) is 6.04 Å². The molecule has 4 unspecified atom stereocenters. The van der Waals surface area contributed by atoms with Crippen LogP contribution in [0.15, 0.2) is 6.07 Å². The lowest BCUT2D eigenvalue weighted by atomic mass is 9.72. The fraction of sp³-hybridized carbons (Fsp3) is 0.800. The third kappa shape index (κ3) is 2.61. The molecule has 0 bridgehead atoms. The van der Waals surface area contributed by atoms with E-state index in [4.69, 9.17) is 0 Å². The summed E-state index contributed by atoms with van der Waals surface area (Å²) >= 11 is 0. The van der Waals surface area contributed by atoms with Crippen LogP contribution in [-0.4, -0.2) is 16.8 Å². The van der Waals surface area contributed by atoms with Crippen molar-refractivity contribution in [1.29, 1.82) is 0 Å². The van der Waals surface area contributed by atoms with Gasteiger partial charge in [0.1, 0.15) is 0 Å². The maximum absolute atomic E-state index is 4.49. The first kappa shape index (κ1) is 13.6. The smallest absolute Gasteiger partial charge is 0.0597 e. The monoisotopic (exact) mass is 249 g/mol. The summed E-state index contributed by atoms with van der Waals surface area (Å²) in [4.78, 5) is 0. The Hall–Kier alpha value is -0.830. The molecule has 102 valence electrons. The van der Waals surface area contributed by atoms with Gasteiger partial charge in [-0.1, -0.05) is 20.3 Å². The molecule has 1 aliphatic rings. The van der Waals surface area contributed by atoms with Gasteiger partial charge in [0.25, 0.3) is 0 Å². The molecule has 0 radical (unpaired) electrons. The normalized spacial score (nSPS) is 30.4. The van der Waals surface area contributed by atoms with Crippen LogP contribution in [0.4, 0.5) is 0 Å². The van der Waals surface area contributed by atoms with Crippen LogP contribution in [0, 0.1) is 24.7 Å². The van der Waals surface area contributed by atoms with Crippen LogP contribution < -0.4 is 5.32 Å². The Labute approximate surface area is 111 Å². The second kappa shape index (κ2) is 5.43. The molecule has 0 saturated heterocycles. The number of nitrogens with one attached hydrogen (secondary N) is 1. The number of hydrogen-bond donors (Lipinski definition) is 1. The Morgan fingerprint density at radius 2 is 2.06 bits per heavy atom. The van der Waals surface area contributed by atoms with Crippen LogP contribution >= 0.6 is 0 Å². The average Bonchev–Trinajstić information content (AvgIpc) is 2.64. The van der Waals surface area contributed by atoms with Crippen molar-refractivity contribution in [3.63, 3.8) is 0 Å². The first-order chi connectivity index (χ1) is 8.52. The highest BCUT2D eigenvalue weighted by Gasteiger charge is 2.31. The predicted molar refractivity (Wildman–Crippen MR) is 75.4 cm³/mol. The maximum atomic E-state index is 4.49. The topological polar surface area (TPSA) is 29.9 Å². The van der Waals surface area contributed by atoms with E-state index in [0.717, 1.165) is 23.4 Å². The fourth-order valence-electron chi connectivity index (χ4n) is 3.44. The van der Waals surface area contributed by atoms with Crippen molar-refractivity contribution in [3.05, 3.63) is 17.5 Å². The lowest BCUT2D eigenvalue weighted by molar-refractivity contribution is 0.171. The molecule has 1 saturated carbocycles. The first-order valence-corrected chi connectivity index (χ1v) is 7.20. The zero-order valence-corrected chi connectivity index (χ0v) is 12.4. The van der Waals surface area contributed by atoms with Crippen LogP contribution in [0.3, 0.4) is 0 Å². The molecular formula is C15H27N3. The third-order valence-electron chi connectivity index (χ3n) is 4.78. The van der Waals surface area contributed by atoms with E-state index in [9.17, 15) is 0 Å². The highest BCUT2D eigenvalue weighted by molar-refractivity contribution is 5.14. The second-order valence-electron chi connectivity index (χ2n) is 6.13. The standard InChI is InChI=1S/C15H27N3/c1-10-6-7-13(8-11(10)2)15(16-4)14-9-12(3)17-18(14)5/h9-11,13,15-16H,6-8H2,1-5H3. The third-order valence-corrected chi connectivity index (χ3v) is 4.78. The molecule has 1 heterocycles. The lowest BCUT2D eigenvalue weighted by Crippen LogP contribution is -2.32. The van der Waals surface area contributed by atoms with Gasteiger partial charge in [0.05, 0.1) is 17.4 Å². The minimum atomic E-state index is 0.450. The van der Waals surface area contributed by atoms with Crippen molar-refractivity contribution in [2.24, 2.45) is 24.8 Å². The van der Waals surface area contributed by atoms with Gasteiger partial charge in [-0.2, -0.15) is 5.10 Å². The van der Waals surface area contributed by atoms with Crippen LogP contribution in [0.25, 0.3) is 0 Å². The van der Waals surface area contributed by atoms with Crippen molar-refractivity contribution < 1.29 is 0 Å². The first-order valence-electron chi connectivity index (χ1n) is 7.20. The minimum absolute atomic E-state index is 0.450. The summed E-state index contributed by atoms with van der Waals surface area (Å²) in [5.74, 6) is 2.47. The zero-order valence-electron chi connectivity index (χ0n) is 12.4. The number of nitrogens with zero attached hydrogens (tertiary/aromatic N) is 2. The molecule has 1 aliphatic carbocycles. The SMILES string of the molecule is CNC(c1cc(C)nn1C)C1CCC(C)C(C)C1. The van der Waals surface area contributed by atoms with Gasteiger partial charge >= 0.3 is 0 Å². The fourth-order valence-corrected chi connectivity index (χ4v) is 3.44. The Morgan fingerprint density at radius 1 is 1.33 bits per heavy atom. The summed E-state index contributed by atoms with van der Waals surface area (Å²) in [6.07, 6.45) is 4.03.